The van der Waals surface area contributed by atoms with E-state index < -0.39 is 11.9 Å². The number of carboxylic acid groups (broad SMARTS) is 2. The number of aromatic nitrogens is 4. The second-order valence-corrected chi connectivity index (χ2v) is 8.28. The first kappa shape index (κ1) is 33.0. The molecule has 8 bridgehead atoms. The number of hydrogen-bond donors (Lipinski definition) is 4. The monoisotopic (exact) mass is 611 g/mol. The second kappa shape index (κ2) is 14.2. The van der Waals surface area contributed by atoms with Gasteiger partial charge in [0.15, 0.2) is 0 Å². The van der Waals surface area contributed by atoms with Gasteiger partial charge in [0, 0.05) is 34.9 Å². The first-order valence-electron chi connectivity index (χ1n) is 10.9. The van der Waals surface area contributed by atoms with Crippen LogP contribution in [0, 0.1) is 0 Å². The molecule has 0 fully saturated rings. The van der Waals surface area contributed by atoms with Crippen molar-refractivity contribution in [2.75, 3.05) is 0 Å². The summed E-state index contributed by atoms with van der Waals surface area (Å²) in [5.41, 5.74) is 8.04. The van der Waals surface area contributed by atoms with Crippen LogP contribution in [0.2, 0.25) is 0 Å². The Bertz CT molecular complexity index is 1440. The van der Waals surface area contributed by atoms with Crippen molar-refractivity contribution in [3.05, 3.63) is 70.3 Å². The predicted octanol–water partition coefficient (Wildman–Crippen LogP) is -4.30. The third-order valence-corrected chi connectivity index (χ3v) is 5.68. The van der Waals surface area contributed by atoms with E-state index in [0.29, 0.717) is 12.8 Å². The maximum Gasteiger partial charge on any atom is 3.00 e. The molecule has 5 rings (SSSR count). The zero-order chi connectivity index (χ0) is 23.7. The van der Waals surface area contributed by atoms with Gasteiger partial charge in [0.2, 0.25) is 0 Å². The zero-order valence-corrected chi connectivity index (χ0v) is 23.3. The quantitative estimate of drug-likeness (QED) is 0.154. The molecule has 4 N–H and O–H groups in total. The SMILES string of the molecule is O=C(O)CCc1cc2cc3nc(cc4nc(cc5cc(CCC(=O)O)c(cc1[nH]2)[nH]5)C=C4)C=C3.[Cl-].[Cl-].[Cl-].[Cr+3]. The molecule has 0 saturated carbocycles. The summed E-state index contributed by atoms with van der Waals surface area (Å²) in [6, 6.07) is 11.5. The number of hydrogen-bond acceptors (Lipinski definition) is 4. The van der Waals surface area contributed by atoms with E-state index in [1.807, 2.05) is 60.7 Å². The number of H-pyrrole nitrogens is 2. The molecule has 5 heterocycles. The normalized spacial score (nSPS) is 10.9. The summed E-state index contributed by atoms with van der Waals surface area (Å²) in [5.74, 6) is -1.73. The molecule has 0 aliphatic carbocycles. The van der Waals surface area contributed by atoms with Crippen LogP contribution in [0.15, 0.2) is 36.4 Å². The molecule has 1 radical (unpaired) electrons. The van der Waals surface area contributed by atoms with Crippen LogP contribution in [0.5, 0.6) is 0 Å². The fraction of sp³-hybridized carbons (Fsp3) is 0.154. The van der Waals surface area contributed by atoms with Gasteiger partial charge in [0.1, 0.15) is 0 Å². The van der Waals surface area contributed by atoms with Gasteiger partial charge in [-0.25, -0.2) is 9.97 Å². The summed E-state index contributed by atoms with van der Waals surface area (Å²) in [4.78, 5) is 38.4. The maximum absolute atomic E-state index is 11.2. The molecule has 0 amide bonds. The fourth-order valence-corrected chi connectivity index (χ4v) is 4.11. The Balaban J connectivity index is 0.00000180. The average Bonchev–Trinajstić information content (AvgIpc) is 3.55. The van der Waals surface area contributed by atoms with Gasteiger partial charge >= 0.3 is 29.3 Å². The Morgan fingerprint density at radius 1 is 0.605 bits per heavy atom. The fourth-order valence-electron chi connectivity index (χ4n) is 4.11. The van der Waals surface area contributed by atoms with E-state index in [4.69, 9.17) is 0 Å². The Hall–Kier alpha value is -3.06. The van der Waals surface area contributed by atoms with Crippen molar-refractivity contribution in [3.8, 4) is 0 Å². The van der Waals surface area contributed by atoms with Crippen molar-refractivity contribution in [2.45, 2.75) is 25.7 Å². The number of nitrogens with one attached hydrogen (secondary N) is 2. The van der Waals surface area contributed by atoms with Crippen molar-refractivity contribution in [2.24, 2.45) is 0 Å². The molecule has 3 aromatic rings. The minimum Gasteiger partial charge on any atom is -1.00 e. The Morgan fingerprint density at radius 2 is 0.974 bits per heavy atom. The van der Waals surface area contributed by atoms with E-state index in [1.54, 1.807) is 0 Å². The number of fused-ring (bicyclic) bond motifs is 8. The molecule has 2 aliphatic heterocycles. The van der Waals surface area contributed by atoms with E-state index >= 15 is 0 Å². The largest absolute Gasteiger partial charge is 3.00 e. The van der Waals surface area contributed by atoms with Gasteiger partial charge < -0.3 is 57.4 Å². The Kier molecular flexibility index (Phi) is 12.3. The first-order chi connectivity index (χ1) is 16.4. The number of aromatic amines is 2. The van der Waals surface area contributed by atoms with Gasteiger partial charge in [-0.05, 0) is 84.7 Å². The van der Waals surface area contributed by atoms with Crippen LogP contribution in [-0.2, 0) is 39.8 Å². The Labute approximate surface area is 247 Å². The van der Waals surface area contributed by atoms with Crippen molar-refractivity contribution < 1.29 is 74.4 Å². The number of aliphatic carboxylic acids is 2. The predicted molar refractivity (Wildman–Crippen MR) is 131 cm³/mol. The molecular formula is C26H22Cl3CrN4O4. The maximum atomic E-state index is 11.2. The smallest absolute Gasteiger partial charge is 1.00 e. The number of nitrogens with zero attached hydrogens (tertiary/aromatic N) is 2. The van der Waals surface area contributed by atoms with Crippen LogP contribution >= 0.6 is 0 Å². The summed E-state index contributed by atoms with van der Waals surface area (Å²) in [7, 11) is 0. The van der Waals surface area contributed by atoms with Crippen LogP contribution in [0.4, 0.5) is 0 Å². The third kappa shape index (κ3) is 7.97. The average molecular weight is 613 g/mol. The number of carbonyl (C=O) groups is 2. The number of carboxylic acids is 2. The van der Waals surface area contributed by atoms with Crippen LogP contribution in [0.3, 0.4) is 0 Å². The molecule has 0 atom stereocenters. The van der Waals surface area contributed by atoms with Gasteiger partial charge in [-0.3, -0.25) is 9.59 Å². The van der Waals surface area contributed by atoms with Gasteiger partial charge in [-0.15, -0.1) is 0 Å². The molecule has 38 heavy (non-hydrogen) atoms. The summed E-state index contributed by atoms with van der Waals surface area (Å²) in [6.07, 6.45) is 8.43. The van der Waals surface area contributed by atoms with Crippen molar-refractivity contribution in [3.63, 3.8) is 0 Å². The molecule has 197 valence electrons. The molecule has 8 nitrogen and oxygen atoms in total. The molecule has 0 spiro atoms. The van der Waals surface area contributed by atoms with Crippen LogP contribution in [-0.4, -0.2) is 42.1 Å². The second-order valence-electron chi connectivity index (χ2n) is 8.28. The summed E-state index contributed by atoms with van der Waals surface area (Å²) < 4.78 is 0. The molecule has 2 aliphatic rings. The van der Waals surface area contributed by atoms with E-state index in [1.165, 1.54) is 0 Å². The minimum atomic E-state index is -0.866. The van der Waals surface area contributed by atoms with E-state index in [0.717, 1.165) is 56.0 Å². The molecule has 3 aromatic heterocycles. The zero-order valence-electron chi connectivity index (χ0n) is 19.7. The topological polar surface area (TPSA) is 132 Å². The van der Waals surface area contributed by atoms with Gasteiger partial charge in [-0.2, -0.15) is 0 Å². The Morgan fingerprint density at radius 3 is 1.34 bits per heavy atom. The number of rotatable bonds is 6. The minimum absolute atomic E-state index is 0. The van der Waals surface area contributed by atoms with Crippen molar-refractivity contribution in [1.29, 1.82) is 0 Å². The van der Waals surface area contributed by atoms with Gasteiger partial charge in [0.25, 0.3) is 0 Å². The summed E-state index contributed by atoms with van der Waals surface area (Å²) in [6.45, 7) is 0. The molecule has 0 saturated heterocycles. The van der Waals surface area contributed by atoms with E-state index in [2.05, 4.69) is 19.9 Å². The van der Waals surface area contributed by atoms with Gasteiger partial charge in [-0.1, -0.05) is 0 Å². The molecular weight excluding hydrogens is 591 g/mol. The summed E-state index contributed by atoms with van der Waals surface area (Å²) >= 11 is 0. The number of aryl methyl sites for hydroxylation is 2. The standard InChI is InChI=1S/C26H22N4O4.3ClH.Cr/c31-25(32)7-1-15-9-21-12-19-5-3-17(27-19)11-18-4-6-20(28-18)13-22-10-16(2-8-26(33)34)24(30-22)14-23(15)29-21;;;;/h3-6,9-14,29-30H,1-2,7-8H2,(H,31,32)(H,33,34);3*1H;/q;;;;+3/p-3. The molecule has 12 heteroatoms. The number of halogens is 3. The van der Waals surface area contributed by atoms with E-state index in [-0.39, 0.29) is 67.4 Å². The van der Waals surface area contributed by atoms with Crippen LogP contribution < -0.4 is 37.2 Å². The van der Waals surface area contributed by atoms with Crippen LogP contribution in [0.25, 0.3) is 46.4 Å². The van der Waals surface area contributed by atoms with E-state index in [9.17, 15) is 19.8 Å². The third-order valence-electron chi connectivity index (χ3n) is 5.68. The van der Waals surface area contributed by atoms with Crippen LogP contribution in [0.1, 0.15) is 46.7 Å². The van der Waals surface area contributed by atoms with Crippen molar-refractivity contribution >= 4 is 58.3 Å². The summed E-state index contributed by atoms with van der Waals surface area (Å²) in [5, 5.41) is 18.4. The molecule has 0 aromatic carbocycles. The van der Waals surface area contributed by atoms with Gasteiger partial charge in [0.05, 0.1) is 22.8 Å². The first-order valence-corrected chi connectivity index (χ1v) is 10.9. The van der Waals surface area contributed by atoms with Crippen molar-refractivity contribution in [1.82, 2.24) is 19.9 Å². The molecule has 0 unspecified atom stereocenters.